The van der Waals surface area contributed by atoms with Crippen LogP contribution in [0.5, 0.6) is 0 Å². The molecule has 7 heteroatoms. The zero-order valence-corrected chi connectivity index (χ0v) is 10.6. The van der Waals surface area contributed by atoms with Crippen LogP contribution in [0.3, 0.4) is 0 Å². The lowest BCUT2D eigenvalue weighted by Gasteiger charge is -2.07. The van der Waals surface area contributed by atoms with Crippen LogP contribution in [0.2, 0.25) is 0 Å². The number of nitrogens with zero attached hydrogens (tertiary/aromatic N) is 5. The number of nitrogens with two attached hydrogens (primary N) is 1. The van der Waals surface area contributed by atoms with Gasteiger partial charge in [-0.3, -0.25) is 4.68 Å². The molecule has 0 fully saturated rings. The van der Waals surface area contributed by atoms with E-state index in [4.69, 9.17) is 5.73 Å². The zero-order valence-electron chi connectivity index (χ0n) is 10.6. The summed E-state index contributed by atoms with van der Waals surface area (Å²) < 4.78 is 3.65. The highest BCUT2D eigenvalue weighted by Gasteiger charge is 2.05. The van der Waals surface area contributed by atoms with Crippen LogP contribution in [0.4, 0.5) is 11.6 Å². The molecule has 3 N–H and O–H groups in total. The van der Waals surface area contributed by atoms with Gasteiger partial charge in [0.05, 0.1) is 12.4 Å². The number of rotatable bonds is 4. The smallest absolute Gasteiger partial charge is 0.180 e. The van der Waals surface area contributed by atoms with Crippen molar-refractivity contribution in [1.82, 2.24) is 24.1 Å². The summed E-state index contributed by atoms with van der Waals surface area (Å²) in [4.78, 5) is 8.53. The number of aryl methyl sites for hydroxylation is 1. The second-order valence-corrected chi connectivity index (χ2v) is 4.37. The lowest BCUT2D eigenvalue weighted by Crippen LogP contribution is -2.09. The lowest BCUT2D eigenvalue weighted by atomic mass is 10.2. The lowest BCUT2D eigenvalue weighted by molar-refractivity contribution is 0.767. The molecule has 19 heavy (non-hydrogen) atoms. The molecule has 3 aromatic rings. The van der Waals surface area contributed by atoms with Crippen molar-refractivity contribution in [3.8, 4) is 0 Å². The Morgan fingerprint density at radius 1 is 1.37 bits per heavy atom. The molecule has 3 heterocycles. The summed E-state index contributed by atoms with van der Waals surface area (Å²) >= 11 is 0. The molecule has 0 saturated heterocycles. The van der Waals surface area contributed by atoms with Crippen LogP contribution in [0.1, 0.15) is 5.56 Å². The number of fused-ring (bicyclic) bond motifs is 1. The zero-order chi connectivity index (χ0) is 13.2. The topological polar surface area (TPSA) is 86.1 Å². The predicted molar refractivity (Wildman–Crippen MR) is 72.8 cm³/mol. The number of nitrogens with one attached hydrogen (secondary N) is 1. The van der Waals surface area contributed by atoms with Crippen LogP contribution in [0.25, 0.3) is 5.65 Å². The van der Waals surface area contributed by atoms with Gasteiger partial charge in [-0.1, -0.05) is 0 Å². The van der Waals surface area contributed by atoms with E-state index in [0.29, 0.717) is 11.6 Å². The third-order valence-corrected chi connectivity index (χ3v) is 2.86. The van der Waals surface area contributed by atoms with E-state index in [1.54, 1.807) is 17.1 Å². The van der Waals surface area contributed by atoms with Gasteiger partial charge in [-0.05, 0) is 12.0 Å². The molecule has 0 unspecified atom stereocenters. The van der Waals surface area contributed by atoms with Gasteiger partial charge in [-0.2, -0.15) is 5.10 Å². The number of hydrogen-bond donors (Lipinski definition) is 2. The molecule has 0 aliphatic carbocycles. The van der Waals surface area contributed by atoms with E-state index in [-0.39, 0.29) is 0 Å². The van der Waals surface area contributed by atoms with E-state index in [9.17, 15) is 0 Å². The molecule has 98 valence electrons. The molecule has 0 radical (unpaired) electrons. The van der Waals surface area contributed by atoms with Crippen molar-refractivity contribution in [1.29, 1.82) is 0 Å². The fourth-order valence-corrected chi connectivity index (χ4v) is 2.00. The molecule has 0 spiro atoms. The number of aromatic nitrogens is 5. The van der Waals surface area contributed by atoms with Crippen LogP contribution in [-0.4, -0.2) is 30.7 Å². The summed E-state index contributed by atoms with van der Waals surface area (Å²) in [5, 5.41) is 7.40. The highest BCUT2D eigenvalue weighted by Crippen LogP contribution is 2.14. The van der Waals surface area contributed by atoms with Crippen molar-refractivity contribution in [3.63, 3.8) is 0 Å². The van der Waals surface area contributed by atoms with Gasteiger partial charge in [0, 0.05) is 32.2 Å². The molecule has 0 amide bonds. The summed E-state index contributed by atoms with van der Waals surface area (Å²) in [6.07, 6.45) is 10.0. The molecule has 0 bridgehead atoms. The van der Waals surface area contributed by atoms with E-state index >= 15 is 0 Å². The normalized spacial score (nSPS) is 11.0. The van der Waals surface area contributed by atoms with Gasteiger partial charge in [0.2, 0.25) is 0 Å². The first-order valence-electron chi connectivity index (χ1n) is 6.03. The van der Waals surface area contributed by atoms with E-state index in [1.165, 1.54) is 5.56 Å². The molecule has 3 rings (SSSR count). The van der Waals surface area contributed by atoms with Gasteiger partial charge >= 0.3 is 0 Å². The SMILES string of the molecule is Cn1cc(CCNc2nc(N)cn3ccnc23)cn1. The summed E-state index contributed by atoms with van der Waals surface area (Å²) in [6, 6.07) is 0. The van der Waals surface area contributed by atoms with Gasteiger partial charge in [0.15, 0.2) is 11.5 Å². The molecular weight excluding hydrogens is 242 g/mol. The average molecular weight is 257 g/mol. The Morgan fingerprint density at radius 2 is 2.26 bits per heavy atom. The first-order valence-corrected chi connectivity index (χ1v) is 6.03. The highest BCUT2D eigenvalue weighted by atomic mass is 15.2. The molecule has 7 nitrogen and oxygen atoms in total. The van der Waals surface area contributed by atoms with Crippen LogP contribution in [-0.2, 0) is 13.5 Å². The van der Waals surface area contributed by atoms with Crippen molar-refractivity contribution in [3.05, 3.63) is 36.5 Å². The first-order chi connectivity index (χ1) is 9.22. The third kappa shape index (κ3) is 2.35. The van der Waals surface area contributed by atoms with Crippen LogP contribution in [0, 0.1) is 0 Å². The standard InChI is InChI=1S/C12H15N7/c1-18-7-9(6-16-18)2-3-14-11-12-15-4-5-19(12)8-10(13)17-11/h4-8H,2-3,13H2,1H3,(H,14,17). The third-order valence-electron chi connectivity index (χ3n) is 2.86. The number of anilines is 2. The number of imidazole rings is 1. The van der Waals surface area contributed by atoms with Crippen LogP contribution in [0.15, 0.2) is 31.0 Å². The van der Waals surface area contributed by atoms with E-state index < -0.39 is 0 Å². The van der Waals surface area contributed by atoms with E-state index in [0.717, 1.165) is 18.6 Å². The summed E-state index contributed by atoms with van der Waals surface area (Å²) in [5.41, 5.74) is 7.71. The van der Waals surface area contributed by atoms with Crippen molar-refractivity contribution >= 4 is 17.3 Å². The van der Waals surface area contributed by atoms with Gasteiger partial charge in [-0.25, -0.2) is 9.97 Å². The van der Waals surface area contributed by atoms with Crippen molar-refractivity contribution < 1.29 is 0 Å². The average Bonchev–Trinajstić information content (AvgIpc) is 2.98. The minimum Gasteiger partial charge on any atom is -0.382 e. The largest absolute Gasteiger partial charge is 0.382 e. The van der Waals surface area contributed by atoms with Crippen molar-refractivity contribution in [2.75, 3.05) is 17.6 Å². The van der Waals surface area contributed by atoms with E-state index in [1.807, 2.05) is 30.0 Å². The minimum atomic E-state index is 0.467. The van der Waals surface area contributed by atoms with Crippen LogP contribution >= 0.6 is 0 Å². The van der Waals surface area contributed by atoms with Gasteiger partial charge < -0.3 is 15.5 Å². The fraction of sp³-hybridized carbons (Fsp3) is 0.250. The first kappa shape index (κ1) is 11.5. The maximum absolute atomic E-state index is 5.76. The molecule has 0 aliphatic heterocycles. The van der Waals surface area contributed by atoms with Crippen molar-refractivity contribution in [2.24, 2.45) is 7.05 Å². The van der Waals surface area contributed by atoms with Crippen LogP contribution < -0.4 is 11.1 Å². The summed E-state index contributed by atoms with van der Waals surface area (Å²) in [7, 11) is 1.91. The van der Waals surface area contributed by atoms with Gasteiger partial charge in [0.1, 0.15) is 5.82 Å². The molecule has 0 atom stereocenters. The summed E-state index contributed by atoms with van der Waals surface area (Å²) in [6.45, 7) is 0.755. The maximum atomic E-state index is 5.76. The fourth-order valence-electron chi connectivity index (χ4n) is 2.00. The van der Waals surface area contributed by atoms with Crippen molar-refractivity contribution in [2.45, 2.75) is 6.42 Å². The summed E-state index contributed by atoms with van der Waals surface area (Å²) in [5.74, 6) is 1.17. The van der Waals surface area contributed by atoms with Gasteiger partial charge in [0.25, 0.3) is 0 Å². The second-order valence-electron chi connectivity index (χ2n) is 4.37. The number of nitrogen functional groups attached to an aromatic ring is 1. The Bertz CT molecular complexity index is 697. The van der Waals surface area contributed by atoms with E-state index in [2.05, 4.69) is 20.4 Å². The monoisotopic (exact) mass is 257 g/mol. The molecule has 0 saturated carbocycles. The minimum absolute atomic E-state index is 0.467. The molecule has 0 aromatic carbocycles. The Morgan fingerprint density at radius 3 is 3.05 bits per heavy atom. The Kier molecular flexibility index (Phi) is 2.79. The quantitative estimate of drug-likeness (QED) is 0.718. The predicted octanol–water partition coefficient (Wildman–Crippen LogP) is 0.700. The number of hydrogen-bond acceptors (Lipinski definition) is 5. The Labute approximate surface area is 110 Å². The van der Waals surface area contributed by atoms with Gasteiger partial charge in [-0.15, -0.1) is 0 Å². The molecular formula is C12H15N7. The molecule has 0 aliphatic rings. The Hall–Kier alpha value is -2.57. The highest BCUT2D eigenvalue weighted by molar-refractivity contribution is 5.64. The second kappa shape index (κ2) is 4.60. The maximum Gasteiger partial charge on any atom is 0.180 e. The molecule has 3 aromatic heterocycles. The Balaban J connectivity index is 1.73.